The van der Waals surface area contributed by atoms with Crippen molar-refractivity contribution in [2.45, 2.75) is 13.5 Å². The second-order valence-electron chi connectivity index (χ2n) is 5.44. The lowest BCUT2D eigenvalue weighted by Crippen LogP contribution is -2.18. The maximum absolute atomic E-state index is 12.1. The van der Waals surface area contributed by atoms with Crippen LogP contribution >= 0.6 is 0 Å². The molecule has 1 unspecified atom stereocenters. The highest BCUT2D eigenvalue weighted by atomic mass is 16.5. The molecule has 2 aliphatic rings. The first-order valence-corrected chi connectivity index (χ1v) is 7.03. The van der Waals surface area contributed by atoms with Crippen molar-refractivity contribution in [3.63, 3.8) is 0 Å². The standard InChI is InChI=1S/C17H17NO3/c1-11(19)18-13-7-8-14-15(9-13)16(14)17(20)21-10-12-5-3-2-4-6-12/h2-9,14-16H,10H2,1H3,(H,18,19)/t14-,15?,16-/m0/s1. The van der Waals surface area contributed by atoms with Crippen LogP contribution in [0.1, 0.15) is 12.5 Å². The monoisotopic (exact) mass is 283 g/mol. The minimum absolute atomic E-state index is 0.104. The van der Waals surface area contributed by atoms with E-state index >= 15 is 0 Å². The Morgan fingerprint density at radius 3 is 2.67 bits per heavy atom. The number of ether oxygens (including phenoxy) is 1. The molecule has 1 N–H and O–H groups in total. The van der Waals surface area contributed by atoms with Gasteiger partial charge >= 0.3 is 5.97 Å². The number of carbonyl (C=O) groups excluding carboxylic acids is 2. The first-order valence-electron chi connectivity index (χ1n) is 7.03. The Hall–Kier alpha value is -2.36. The molecule has 1 amide bonds. The molecule has 21 heavy (non-hydrogen) atoms. The Labute approximate surface area is 123 Å². The van der Waals surface area contributed by atoms with Gasteiger partial charge in [0.15, 0.2) is 0 Å². The number of nitrogens with one attached hydrogen (secondary N) is 1. The number of benzene rings is 1. The van der Waals surface area contributed by atoms with Gasteiger partial charge in [0.1, 0.15) is 6.61 Å². The summed E-state index contributed by atoms with van der Waals surface area (Å²) in [4.78, 5) is 23.1. The topological polar surface area (TPSA) is 55.4 Å². The normalized spacial score (nSPS) is 25.6. The quantitative estimate of drug-likeness (QED) is 0.862. The van der Waals surface area contributed by atoms with Gasteiger partial charge < -0.3 is 10.1 Å². The maximum Gasteiger partial charge on any atom is 0.310 e. The van der Waals surface area contributed by atoms with Crippen LogP contribution in [0.4, 0.5) is 0 Å². The summed E-state index contributed by atoms with van der Waals surface area (Å²) in [6.45, 7) is 1.78. The Kier molecular flexibility index (Phi) is 3.60. The number of esters is 1. The van der Waals surface area contributed by atoms with Crippen molar-refractivity contribution in [2.75, 3.05) is 0 Å². The van der Waals surface area contributed by atoms with Crippen LogP contribution < -0.4 is 5.32 Å². The summed E-state index contributed by atoms with van der Waals surface area (Å²) in [6, 6.07) is 9.64. The fourth-order valence-corrected chi connectivity index (χ4v) is 2.73. The van der Waals surface area contributed by atoms with E-state index < -0.39 is 0 Å². The van der Waals surface area contributed by atoms with Crippen molar-refractivity contribution in [3.05, 3.63) is 59.8 Å². The van der Waals surface area contributed by atoms with E-state index in [1.54, 1.807) is 0 Å². The summed E-state index contributed by atoms with van der Waals surface area (Å²) in [5.41, 5.74) is 1.75. The third kappa shape index (κ3) is 3.05. The molecule has 0 bridgehead atoms. The van der Waals surface area contributed by atoms with Crippen LogP contribution in [-0.4, -0.2) is 11.9 Å². The van der Waals surface area contributed by atoms with E-state index in [9.17, 15) is 9.59 Å². The van der Waals surface area contributed by atoms with Crippen molar-refractivity contribution in [3.8, 4) is 0 Å². The average molecular weight is 283 g/mol. The van der Waals surface area contributed by atoms with Crippen LogP contribution in [-0.2, 0) is 20.9 Å². The van der Waals surface area contributed by atoms with Crippen molar-refractivity contribution < 1.29 is 14.3 Å². The number of rotatable bonds is 4. The average Bonchev–Trinajstić information content (AvgIpc) is 3.18. The zero-order valence-electron chi connectivity index (χ0n) is 11.8. The third-order valence-electron chi connectivity index (χ3n) is 3.82. The minimum atomic E-state index is -0.168. The van der Waals surface area contributed by atoms with Gasteiger partial charge in [0, 0.05) is 18.5 Å². The molecule has 3 atom stereocenters. The number of hydrogen-bond acceptors (Lipinski definition) is 3. The molecule has 0 aliphatic heterocycles. The van der Waals surface area contributed by atoms with Crippen LogP contribution in [0.15, 0.2) is 54.3 Å². The van der Waals surface area contributed by atoms with Gasteiger partial charge in [0.25, 0.3) is 0 Å². The molecule has 3 rings (SSSR count). The molecule has 4 nitrogen and oxygen atoms in total. The molecule has 1 fully saturated rings. The smallest absolute Gasteiger partial charge is 0.310 e. The van der Waals surface area contributed by atoms with Gasteiger partial charge in [-0.3, -0.25) is 9.59 Å². The lowest BCUT2D eigenvalue weighted by molar-refractivity contribution is -0.147. The second kappa shape index (κ2) is 5.56. The zero-order chi connectivity index (χ0) is 14.8. The molecule has 1 aromatic rings. The highest BCUT2D eigenvalue weighted by Crippen LogP contribution is 2.51. The van der Waals surface area contributed by atoms with Gasteiger partial charge in [0.05, 0.1) is 5.92 Å². The van der Waals surface area contributed by atoms with E-state index in [1.807, 2.05) is 48.6 Å². The van der Waals surface area contributed by atoms with Crippen LogP contribution in [0.3, 0.4) is 0 Å². The summed E-state index contributed by atoms with van der Waals surface area (Å²) >= 11 is 0. The Balaban J connectivity index is 1.55. The highest BCUT2D eigenvalue weighted by molar-refractivity contribution is 5.79. The fourth-order valence-electron chi connectivity index (χ4n) is 2.73. The molecule has 0 aromatic heterocycles. The van der Waals surface area contributed by atoms with Crippen LogP contribution in [0.5, 0.6) is 0 Å². The number of hydrogen-bond donors (Lipinski definition) is 1. The number of carbonyl (C=O) groups is 2. The number of amides is 1. The SMILES string of the molecule is CC(=O)NC1=CC2[C@@H](C(=O)OCc3ccccc3)[C@H]2C=C1. The molecular weight excluding hydrogens is 266 g/mol. The molecule has 0 spiro atoms. The predicted octanol–water partition coefficient (Wildman–Crippen LogP) is 2.18. The summed E-state index contributed by atoms with van der Waals surface area (Å²) in [5, 5.41) is 2.74. The van der Waals surface area contributed by atoms with Crippen molar-refractivity contribution in [1.82, 2.24) is 5.32 Å². The van der Waals surface area contributed by atoms with E-state index in [2.05, 4.69) is 5.32 Å². The summed E-state index contributed by atoms with van der Waals surface area (Å²) in [7, 11) is 0. The molecule has 2 aliphatic carbocycles. The van der Waals surface area contributed by atoms with E-state index in [0.717, 1.165) is 11.3 Å². The van der Waals surface area contributed by atoms with Crippen molar-refractivity contribution >= 4 is 11.9 Å². The summed E-state index contributed by atoms with van der Waals surface area (Å²) in [5.74, 6) is -0.0193. The van der Waals surface area contributed by atoms with Crippen LogP contribution in [0.25, 0.3) is 0 Å². The lowest BCUT2D eigenvalue weighted by atomic mass is 10.1. The van der Waals surface area contributed by atoms with E-state index in [0.29, 0.717) is 6.61 Å². The molecule has 1 aromatic carbocycles. The van der Waals surface area contributed by atoms with Gasteiger partial charge in [0.2, 0.25) is 5.91 Å². The lowest BCUT2D eigenvalue weighted by Gasteiger charge is -2.05. The van der Waals surface area contributed by atoms with Gasteiger partial charge in [-0.05, 0) is 17.6 Å². The van der Waals surface area contributed by atoms with Crippen LogP contribution in [0, 0.1) is 17.8 Å². The third-order valence-corrected chi connectivity index (χ3v) is 3.82. The number of allylic oxidation sites excluding steroid dienone is 3. The Morgan fingerprint density at radius 1 is 1.19 bits per heavy atom. The van der Waals surface area contributed by atoms with Gasteiger partial charge in [-0.2, -0.15) is 0 Å². The van der Waals surface area contributed by atoms with Crippen molar-refractivity contribution in [2.24, 2.45) is 17.8 Å². The molecule has 0 radical (unpaired) electrons. The molecule has 0 heterocycles. The van der Waals surface area contributed by atoms with Crippen molar-refractivity contribution in [1.29, 1.82) is 0 Å². The number of fused-ring (bicyclic) bond motifs is 1. The maximum atomic E-state index is 12.1. The summed E-state index contributed by atoms with van der Waals surface area (Å²) in [6.07, 6.45) is 5.78. The fraction of sp³-hybridized carbons (Fsp3) is 0.294. The summed E-state index contributed by atoms with van der Waals surface area (Å²) < 4.78 is 5.37. The van der Waals surface area contributed by atoms with E-state index in [1.165, 1.54) is 6.92 Å². The first-order chi connectivity index (χ1) is 10.1. The van der Waals surface area contributed by atoms with Gasteiger partial charge in [-0.1, -0.05) is 42.5 Å². The molecular formula is C17H17NO3. The molecule has 108 valence electrons. The molecule has 4 heteroatoms. The van der Waals surface area contributed by atoms with E-state index in [4.69, 9.17) is 4.74 Å². The second-order valence-corrected chi connectivity index (χ2v) is 5.44. The zero-order valence-corrected chi connectivity index (χ0v) is 11.8. The molecule has 1 saturated carbocycles. The first kappa shape index (κ1) is 13.6. The minimum Gasteiger partial charge on any atom is -0.461 e. The van der Waals surface area contributed by atoms with Gasteiger partial charge in [-0.15, -0.1) is 0 Å². The molecule has 0 saturated heterocycles. The largest absolute Gasteiger partial charge is 0.461 e. The van der Waals surface area contributed by atoms with Gasteiger partial charge in [-0.25, -0.2) is 0 Å². The van der Waals surface area contributed by atoms with E-state index in [-0.39, 0.29) is 29.6 Å². The van der Waals surface area contributed by atoms with Crippen LogP contribution in [0.2, 0.25) is 0 Å². The predicted molar refractivity (Wildman–Crippen MR) is 77.7 cm³/mol. The Bertz CT molecular complexity index is 618. The highest BCUT2D eigenvalue weighted by Gasteiger charge is 2.54. The Morgan fingerprint density at radius 2 is 1.95 bits per heavy atom.